The van der Waals surface area contributed by atoms with Gasteiger partial charge < -0.3 is 9.84 Å². The molecular weight excluding hydrogens is 219 g/mol. The molecule has 0 aromatic heterocycles. The molecule has 0 amide bonds. The van der Waals surface area contributed by atoms with Crippen LogP contribution in [0.1, 0.15) is 36.5 Å². The van der Waals surface area contributed by atoms with Gasteiger partial charge >= 0.3 is 0 Å². The van der Waals surface area contributed by atoms with Crippen LogP contribution in [0, 0.1) is 18.7 Å². The lowest BCUT2D eigenvalue weighted by atomic mass is 9.82. The van der Waals surface area contributed by atoms with Crippen LogP contribution in [0.25, 0.3) is 0 Å². The number of benzene rings is 1. The second-order valence-corrected chi connectivity index (χ2v) is 5.24. The molecule has 2 saturated heterocycles. The van der Waals surface area contributed by atoms with E-state index in [9.17, 15) is 9.50 Å². The fraction of sp³-hybridized carbons (Fsp3) is 0.571. The van der Waals surface area contributed by atoms with E-state index in [1.807, 2.05) is 6.92 Å². The molecular formula is C14H17FO2. The Hall–Kier alpha value is -0.930. The molecule has 2 aliphatic heterocycles. The van der Waals surface area contributed by atoms with Crippen LogP contribution >= 0.6 is 0 Å². The Labute approximate surface area is 100 Å². The molecule has 0 aliphatic carbocycles. The minimum absolute atomic E-state index is 0.0602. The Kier molecular flexibility index (Phi) is 2.68. The van der Waals surface area contributed by atoms with Crippen molar-refractivity contribution in [3.63, 3.8) is 0 Å². The molecule has 1 aromatic carbocycles. The topological polar surface area (TPSA) is 29.5 Å². The molecule has 2 fully saturated rings. The van der Waals surface area contributed by atoms with E-state index in [1.54, 1.807) is 12.1 Å². The zero-order chi connectivity index (χ0) is 12.0. The molecule has 92 valence electrons. The van der Waals surface area contributed by atoms with Crippen LogP contribution in [0.2, 0.25) is 0 Å². The summed E-state index contributed by atoms with van der Waals surface area (Å²) in [6.07, 6.45) is 2.62. The van der Waals surface area contributed by atoms with Crippen molar-refractivity contribution in [2.45, 2.75) is 44.5 Å². The fourth-order valence-electron chi connectivity index (χ4n) is 3.13. The average Bonchev–Trinajstić information content (AvgIpc) is 2.93. The summed E-state index contributed by atoms with van der Waals surface area (Å²) in [6.45, 7) is 1.91. The number of ether oxygens (including phenoxy) is 1. The van der Waals surface area contributed by atoms with Crippen molar-refractivity contribution in [2.75, 3.05) is 0 Å². The quantitative estimate of drug-likeness (QED) is 0.855. The highest BCUT2D eigenvalue weighted by molar-refractivity contribution is 5.27. The second kappa shape index (κ2) is 4.07. The summed E-state index contributed by atoms with van der Waals surface area (Å²) < 4.78 is 19.4. The van der Waals surface area contributed by atoms with Gasteiger partial charge in [0.1, 0.15) is 5.82 Å². The predicted molar refractivity (Wildman–Crippen MR) is 62.1 cm³/mol. The molecule has 3 rings (SSSR count). The molecule has 2 heterocycles. The van der Waals surface area contributed by atoms with Gasteiger partial charge in [-0.3, -0.25) is 0 Å². The normalized spacial score (nSPS) is 33.0. The lowest BCUT2D eigenvalue weighted by Gasteiger charge is -2.25. The van der Waals surface area contributed by atoms with Gasteiger partial charge in [0, 0.05) is 11.5 Å². The number of fused-ring (bicyclic) bond motifs is 2. The monoisotopic (exact) mass is 236 g/mol. The fourth-order valence-corrected chi connectivity index (χ4v) is 3.13. The highest BCUT2D eigenvalue weighted by atomic mass is 19.1. The van der Waals surface area contributed by atoms with Crippen LogP contribution in [0.15, 0.2) is 18.2 Å². The smallest absolute Gasteiger partial charge is 0.129 e. The summed E-state index contributed by atoms with van der Waals surface area (Å²) in [7, 11) is 0. The van der Waals surface area contributed by atoms with E-state index in [-0.39, 0.29) is 23.9 Å². The molecule has 2 aliphatic rings. The Bertz CT molecular complexity index is 432. The zero-order valence-electron chi connectivity index (χ0n) is 9.90. The first-order valence-corrected chi connectivity index (χ1v) is 6.24. The zero-order valence-corrected chi connectivity index (χ0v) is 9.90. The first-order chi connectivity index (χ1) is 8.15. The van der Waals surface area contributed by atoms with Gasteiger partial charge in [-0.05, 0) is 32.3 Å². The molecule has 1 N–H and O–H groups in total. The van der Waals surface area contributed by atoms with Crippen molar-refractivity contribution >= 4 is 0 Å². The lowest BCUT2D eigenvalue weighted by Crippen LogP contribution is -2.24. The van der Waals surface area contributed by atoms with Gasteiger partial charge in [-0.2, -0.15) is 0 Å². The van der Waals surface area contributed by atoms with Crippen molar-refractivity contribution in [3.05, 3.63) is 35.1 Å². The second-order valence-electron chi connectivity index (χ2n) is 5.24. The van der Waals surface area contributed by atoms with E-state index >= 15 is 0 Å². The number of aliphatic hydroxyl groups is 1. The SMILES string of the molecule is Cc1ccc(F)c(C(O)C2CC3CCC2O3)c1. The van der Waals surface area contributed by atoms with Crippen molar-refractivity contribution < 1.29 is 14.2 Å². The number of hydrogen-bond donors (Lipinski definition) is 1. The molecule has 4 unspecified atom stereocenters. The minimum Gasteiger partial charge on any atom is -0.388 e. The summed E-state index contributed by atoms with van der Waals surface area (Å²) in [5, 5.41) is 10.3. The highest BCUT2D eigenvalue weighted by Crippen LogP contribution is 2.45. The van der Waals surface area contributed by atoms with Crippen molar-refractivity contribution in [3.8, 4) is 0 Å². The number of rotatable bonds is 2. The summed E-state index contributed by atoms with van der Waals surface area (Å²) in [6, 6.07) is 4.90. The Morgan fingerprint density at radius 2 is 2.24 bits per heavy atom. The minimum atomic E-state index is -0.731. The molecule has 0 spiro atoms. The van der Waals surface area contributed by atoms with Gasteiger partial charge in [0.05, 0.1) is 18.3 Å². The van der Waals surface area contributed by atoms with E-state index in [0.717, 1.165) is 24.8 Å². The Morgan fingerprint density at radius 1 is 1.41 bits per heavy atom. The molecule has 3 heteroatoms. The van der Waals surface area contributed by atoms with E-state index in [2.05, 4.69) is 0 Å². The molecule has 4 atom stereocenters. The van der Waals surface area contributed by atoms with Crippen LogP contribution in [0.5, 0.6) is 0 Å². The first-order valence-electron chi connectivity index (χ1n) is 6.24. The van der Waals surface area contributed by atoms with E-state index in [0.29, 0.717) is 5.56 Å². The van der Waals surface area contributed by atoms with Crippen molar-refractivity contribution in [1.82, 2.24) is 0 Å². The Balaban J connectivity index is 1.86. The van der Waals surface area contributed by atoms with E-state index in [1.165, 1.54) is 6.07 Å². The summed E-state index contributed by atoms with van der Waals surface area (Å²) in [4.78, 5) is 0. The molecule has 2 nitrogen and oxygen atoms in total. The number of hydrogen-bond acceptors (Lipinski definition) is 2. The van der Waals surface area contributed by atoms with Gasteiger partial charge in [0.25, 0.3) is 0 Å². The van der Waals surface area contributed by atoms with Crippen LogP contribution in [-0.2, 0) is 4.74 Å². The van der Waals surface area contributed by atoms with Crippen LogP contribution < -0.4 is 0 Å². The maximum absolute atomic E-state index is 13.7. The number of aliphatic hydroxyl groups excluding tert-OH is 1. The standard InChI is InChI=1S/C14H17FO2/c1-8-2-4-12(15)10(6-8)14(16)11-7-9-3-5-13(11)17-9/h2,4,6,9,11,13-14,16H,3,5,7H2,1H3. The summed E-state index contributed by atoms with van der Waals surface area (Å²) in [5.74, 6) is -0.254. The van der Waals surface area contributed by atoms with Gasteiger partial charge in [0.2, 0.25) is 0 Å². The maximum Gasteiger partial charge on any atom is 0.129 e. The molecule has 1 aromatic rings. The number of halogens is 1. The maximum atomic E-state index is 13.7. The van der Waals surface area contributed by atoms with Gasteiger partial charge in [-0.1, -0.05) is 17.7 Å². The molecule has 0 saturated carbocycles. The highest BCUT2D eigenvalue weighted by Gasteiger charge is 2.44. The lowest BCUT2D eigenvalue weighted by molar-refractivity contribution is 0.0406. The van der Waals surface area contributed by atoms with Crippen LogP contribution in [-0.4, -0.2) is 17.3 Å². The molecule has 2 bridgehead atoms. The summed E-state index contributed by atoms with van der Waals surface area (Å²) >= 11 is 0. The van der Waals surface area contributed by atoms with Gasteiger partial charge in [0.15, 0.2) is 0 Å². The number of aryl methyl sites for hydroxylation is 1. The largest absolute Gasteiger partial charge is 0.388 e. The summed E-state index contributed by atoms with van der Waals surface area (Å²) in [5.41, 5.74) is 1.40. The Morgan fingerprint density at radius 3 is 2.88 bits per heavy atom. The molecule has 0 radical (unpaired) electrons. The third-order valence-corrected chi connectivity index (χ3v) is 4.03. The van der Waals surface area contributed by atoms with Crippen LogP contribution in [0.4, 0.5) is 4.39 Å². The van der Waals surface area contributed by atoms with Crippen LogP contribution in [0.3, 0.4) is 0 Å². The predicted octanol–water partition coefficient (Wildman–Crippen LogP) is 2.74. The third-order valence-electron chi connectivity index (χ3n) is 4.03. The van der Waals surface area contributed by atoms with Crippen molar-refractivity contribution in [1.29, 1.82) is 0 Å². The third kappa shape index (κ3) is 1.87. The van der Waals surface area contributed by atoms with E-state index < -0.39 is 6.10 Å². The van der Waals surface area contributed by atoms with Crippen molar-refractivity contribution in [2.24, 2.45) is 5.92 Å². The molecule has 17 heavy (non-hydrogen) atoms. The first kappa shape index (κ1) is 11.2. The van der Waals surface area contributed by atoms with Gasteiger partial charge in [-0.15, -0.1) is 0 Å². The van der Waals surface area contributed by atoms with Gasteiger partial charge in [-0.25, -0.2) is 4.39 Å². The van der Waals surface area contributed by atoms with E-state index in [4.69, 9.17) is 4.74 Å². The average molecular weight is 236 g/mol.